The number of nitrogens with one attached hydrogen (secondary N) is 1. The fraction of sp³-hybridized carbons (Fsp3) is 0.250. The second kappa shape index (κ2) is 10.2. The van der Waals surface area contributed by atoms with Crippen molar-refractivity contribution in [1.82, 2.24) is 0 Å². The molecule has 1 atom stereocenters. The fourth-order valence-electron chi connectivity index (χ4n) is 4.00. The first kappa shape index (κ1) is 23.1. The van der Waals surface area contributed by atoms with Gasteiger partial charge in [-0.2, -0.15) is 0 Å². The molecule has 1 aliphatic heterocycles. The molecule has 3 aromatic rings. The second-order valence-electron chi connectivity index (χ2n) is 7.71. The van der Waals surface area contributed by atoms with Crippen molar-refractivity contribution in [2.75, 3.05) is 31.1 Å². The van der Waals surface area contributed by atoms with E-state index in [9.17, 15) is 0 Å². The number of rotatable bonds is 5. The van der Waals surface area contributed by atoms with Gasteiger partial charge in [-0.15, -0.1) is 0 Å². The minimum Gasteiger partial charge on any atom is -0.360 e. The quantitative estimate of drug-likeness (QED) is 0.396. The van der Waals surface area contributed by atoms with E-state index < -0.39 is 0 Å². The van der Waals surface area contributed by atoms with Crippen LogP contribution in [-0.2, 0) is 0 Å². The monoisotopic (exact) mass is 511 g/mol. The molecule has 4 rings (SSSR count). The molecule has 1 saturated heterocycles. The number of piperazine rings is 1. The zero-order valence-corrected chi connectivity index (χ0v) is 20.9. The molecule has 1 aliphatic rings. The summed E-state index contributed by atoms with van der Waals surface area (Å²) >= 11 is 26.6. The Morgan fingerprint density at radius 2 is 1.58 bits per heavy atom. The summed E-state index contributed by atoms with van der Waals surface area (Å²) < 4.78 is 0. The minimum absolute atomic E-state index is 0.325. The molecule has 0 saturated carbocycles. The molecule has 0 aliphatic carbocycles. The molecule has 0 radical (unpaired) electrons. The van der Waals surface area contributed by atoms with Crippen molar-refractivity contribution < 1.29 is 4.90 Å². The van der Waals surface area contributed by atoms with Crippen LogP contribution in [-0.4, -0.2) is 26.2 Å². The van der Waals surface area contributed by atoms with Crippen LogP contribution < -0.4 is 9.80 Å². The standard InChI is InChI=1S/C24H22Cl4N2S/c1-16(29-9-11-30(12-10-29)19-4-2-3-17(25)13-19)21-14-18(26)5-8-24(21)31-20-6-7-22(27)23(28)15-20/h2-8,13-16H,9-12H2,1H3/p+1/t16-/m0/s1. The summed E-state index contributed by atoms with van der Waals surface area (Å²) in [6.07, 6.45) is 0. The number of benzene rings is 3. The molecular weight excluding hydrogens is 490 g/mol. The summed E-state index contributed by atoms with van der Waals surface area (Å²) in [5, 5.41) is 2.68. The number of quaternary nitrogens is 1. The van der Waals surface area contributed by atoms with Gasteiger partial charge in [0.05, 0.1) is 36.2 Å². The highest BCUT2D eigenvalue weighted by atomic mass is 35.5. The fourth-order valence-corrected chi connectivity index (χ4v) is 5.78. The Morgan fingerprint density at radius 3 is 2.29 bits per heavy atom. The number of hydrogen-bond acceptors (Lipinski definition) is 2. The summed E-state index contributed by atoms with van der Waals surface area (Å²) in [5.74, 6) is 0. The van der Waals surface area contributed by atoms with Gasteiger partial charge < -0.3 is 9.80 Å². The van der Waals surface area contributed by atoms with Crippen molar-refractivity contribution in [1.29, 1.82) is 0 Å². The predicted molar refractivity (Wildman–Crippen MR) is 135 cm³/mol. The lowest BCUT2D eigenvalue weighted by Crippen LogP contribution is -3.14. The van der Waals surface area contributed by atoms with Crippen LogP contribution in [0.3, 0.4) is 0 Å². The lowest BCUT2D eigenvalue weighted by molar-refractivity contribution is -0.930. The summed E-state index contributed by atoms with van der Waals surface area (Å²) in [5.41, 5.74) is 2.45. The van der Waals surface area contributed by atoms with E-state index in [1.54, 1.807) is 16.7 Å². The number of nitrogens with zero attached hydrogens (tertiary/aromatic N) is 1. The highest BCUT2D eigenvalue weighted by Crippen LogP contribution is 2.37. The molecular formula is C24H23Cl4N2S+. The first-order valence-electron chi connectivity index (χ1n) is 10.2. The maximum Gasteiger partial charge on any atom is 0.111 e. The Hall–Kier alpha value is -1.07. The summed E-state index contributed by atoms with van der Waals surface area (Å²) in [7, 11) is 0. The SMILES string of the molecule is C[C@@H](c1cc(Cl)ccc1Sc1ccc(Cl)c(Cl)c1)[NH+]1CCN(c2cccc(Cl)c2)CC1. The summed E-state index contributed by atoms with van der Waals surface area (Å²) in [4.78, 5) is 6.22. The van der Waals surface area contributed by atoms with Crippen molar-refractivity contribution >= 4 is 63.9 Å². The number of halogens is 4. The molecule has 0 spiro atoms. The predicted octanol–water partition coefficient (Wildman–Crippen LogP) is 6.92. The minimum atomic E-state index is 0.325. The third kappa shape index (κ3) is 5.65. The first-order chi connectivity index (χ1) is 14.9. The van der Waals surface area contributed by atoms with Gasteiger partial charge in [-0.25, -0.2) is 0 Å². The molecule has 1 fully saturated rings. The van der Waals surface area contributed by atoms with E-state index in [0.717, 1.165) is 41.1 Å². The Kier molecular flexibility index (Phi) is 7.64. The molecule has 162 valence electrons. The maximum absolute atomic E-state index is 6.39. The zero-order chi connectivity index (χ0) is 22.0. The van der Waals surface area contributed by atoms with E-state index in [-0.39, 0.29) is 0 Å². The Morgan fingerprint density at radius 1 is 0.839 bits per heavy atom. The smallest absolute Gasteiger partial charge is 0.111 e. The van der Waals surface area contributed by atoms with Crippen LogP contribution in [0, 0.1) is 0 Å². The molecule has 1 heterocycles. The van der Waals surface area contributed by atoms with Crippen LogP contribution in [0.15, 0.2) is 70.5 Å². The number of hydrogen-bond donors (Lipinski definition) is 1. The average Bonchev–Trinajstić information content (AvgIpc) is 2.77. The van der Waals surface area contributed by atoms with E-state index in [4.69, 9.17) is 46.4 Å². The average molecular weight is 513 g/mol. The number of anilines is 1. The Labute approximate surface area is 208 Å². The van der Waals surface area contributed by atoms with Crippen molar-refractivity contribution in [3.63, 3.8) is 0 Å². The van der Waals surface area contributed by atoms with Crippen LogP contribution in [0.2, 0.25) is 20.1 Å². The lowest BCUT2D eigenvalue weighted by Gasteiger charge is -2.37. The van der Waals surface area contributed by atoms with Gasteiger partial charge in [0.2, 0.25) is 0 Å². The Bertz CT molecular complexity index is 1070. The third-order valence-electron chi connectivity index (χ3n) is 5.75. The van der Waals surface area contributed by atoms with E-state index >= 15 is 0 Å². The molecule has 31 heavy (non-hydrogen) atoms. The zero-order valence-electron chi connectivity index (χ0n) is 17.0. The van der Waals surface area contributed by atoms with Gasteiger partial charge >= 0.3 is 0 Å². The van der Waals surface area contributed by atoms with E-state index in [2.05, 4.69) is 30.0 Å². The first-order valence-corrected chi connectivity index (χ1v) is 12.5. The highest BCUT2D eigenvalue weighted by molar-refractivity contribution is 7.99. The molecule has 0 aromatic heterocycles. The normalized spacial score (nSPS) is 15.8. The van der Waals surface area contributed by atoms with E-state index in [1.165, 1.54) is 16.1 Å². The van der Waals surface area contributed by atoms with Crippen LogP contribution in [0.4, 0.5) is 5.69 Å². The van der Waals surface area contributed by atoms with Gasteiger partial charge in [-0.05, 0) is 61.5 Å². The van der Waals surface area contributed by atoms with Crippen LogP contribution >= 0.6 is 58.2 Å². The van der Waals surface area contributed by atoms with Gasteiger partial charge in [-0.3, -0.25) is 0 Å². The topological polar surface area (TPSA) is 7.68 Å². The van der Waals surface area contributed by atoms with E-state index in [1.807, 2.05) is 42.5 Å². The largest absolute Gasteiger partial charge is 0.360 e. The molecule has 2 nitrogen and oxygen atoms in total. The molecule has 7 heteroatoms. The van der Waals surface area contributed by atoms with Crippen molar-refractivity contribution in [3.8, 4) is 0 Å². The molecule has 0 unspecified atom stereocenters. The van der Waals surface area contributed by atoms with Gasteiger partial charge in [0.1, 0.15) is 6.04 Å². The van der Waals surface area contributed by atoms with Crippen LogP contribution in [0.25, 0.3) is 0 Å². The molecule has 0 amide bonds. The van der Waals surface area contributed by atoms with Gasteiger partial charge in [0, 0.05) is 31.1 Å². The van der Waals surface area contributed by atoms with E-state index in [0.29, 0.717) is 16.1 Å². The van der Waals surface area contributed by atoms with Gasteiger partial charge in [0.15, 0.2) is 0 Å². The van der Waals surface area contributed by atoms with Crippen LogP contribution in [0.1, 0.15) is 18.5 Å². The lowest BCUT2D eigenvalue weighted by atomic mass is 10.1. The summed E-state index contributed by atoms with van der Waals surface area (Å²) in [6.45, 7) is 6.38. The Balaban J connectivity index is 1.50. The van der Waals surface area contributed by atoms with Crippen molar-refractivity contribution in [3.05, 3.63) is 86.3 Å². The van der Waals surface area contributed by atoms with Crippen molar-refractivity contribution in [2.45, 2.75) is 22.8 Å². The molecule has 0 bridgehead atoms. The van der Waals surface area contributed by atoms with Gasteiger partial charge in [0.25, 0.3) is 0 Å². The molecule has 1 N–H and O–H groups in total. The highest BCUT2D eigenvalue weighted by Gasteiger charge is 2.27. The molecule has 3 aromatic carbocycles. The van der Waals surface area contributed by atoms with Crippen molar-refractivity contribution in [2.24, 2.45) is 0 Å². The van der Waals surface area contributed by atoms with Gasteiger partial charge in [-0.1, -0.05) is 64.2 Å². The maximum atomic E-state index is 6.39. The third-order valence-corrected chi connectivity index (χ3v) is 8.04. The van der Waals surface area contributed by atoms with Crippen LogP contribution in [0.5, 0.6) is 0 Å². The summed E-state index contributed by atoms with van der Waals surface area (Å²) in [6, 6.07) is 20.3. The second-order valence-corrected chi connectivity index (χ2v) is 10.5.